The molecule has 0 spiro atoms. The van der Waals surface area contributed by atoms with Gasteiger partial charge >= 0.3 is 0 Å². The minimum atomic E-state index is -0.510. The smallest absolute Gasteiger partial charge is 0.267 e. The first kappa shape index (κ1) is 20.2. The normalized spacial score (nSPS) is 17.1. The van der Waals surface area contributed by atoms with Crippen LogP contribution in [0.5, 0.6) is 0 Å². The zero-order valence-corrected chi connectivity index (χ0v) is 17.3. The summed E-state index contributed by atoms with van der Waals surface area (Å²) in [7, 11) is 3.89. The van der Waals surface area contributed by atoms with Gasteiger partial charge < -0.3 is 15.1 Å². The van der Waals surface area contributed by atoms with E-state index in [2.05, 4.69) is 0 Å². The molecule has 2 heterocycles. The number of carbonyl (C=O) groups excluding carboxylic acids is 2. The summed E-state index contributed by atoms with van der Waals surface area (Å²) in [5.41, 5.74) is 1.06. The van der Waals surface area contributed by atoms with E-state index >= 15 is 0 Å². The molecule has 0 aliphatic carbocycles. The molecule has 2 aliphatic rings. The molecular formula is C17H19N3O4S3. The Bertz CT molecular complexity index is 811. The van der Waals surface area contributed by atoms with Crippen molar-refractivity contribution in [2.75, 3.05) is 45.3 Å². The van der Waals surface area contributed by atoms with E-state index in [0.29, 0.717) is 4.24 Å². The van der Waals surface area contributed by atoms with Gasteiger partial charge in [0.05, 0.1) is 30.5 Å². The summed E-state index contributed by atoms with van der Waals surface area (Å²) in [6.07, 6.45) is 0. The summed E-state index contributed by atoms with van der Waals surface area (Å²) in [6.45, 7) is -0.557. The largest absolute Gasteiger partial charge is 0.395 e. The van der Waals surface area contributed by atoms with Crippen LogP contribution in [0.4, 0.5) is 5.69 Å². The second-order valence-electron chi connectivity index (χ2n) is 6.04. The number of thioether (sulfide) groups is 2. The lowest BCUT2D eigenvalue weighted by Crippen LogP contribution is -2.57. The van der Waals surface area contributed by atoms with Gasteiger partial charge in [0.15, 0.2) is 5.11 Å². The third-order valence-corrected chi connectivity index (χ3v) is 7.06. The minimum absolute atomic E-state index is 0.00326. The second kappa shape index (κ2) is 8.19. The van der Waals surface area contributed by atoms with Crippen molar-refractivity contribution in [3.8, 4) is 0 Å². The Balaban J connectivity index is 2.01. The number of rotatable bonds is 5. The van der Waals surface area contributed by atoms with Crippen molar-refractivity contribution in [1.29, 1.82) is 0 Å². The van der Waals surface area contributed by atoms with Gasteiger partial charge in [0.25, 0.3) is 11.8 Å². The van der Waals surface area contributed by atoms with E-state index in [1.807, 2.05) is 37.2 Å². The van der Waals surface area contributed by atoms with Crippen LogP contribution >= 0.6 is 35.7 Å². The van der Waals surface area contributed by atoms with Gasteiger partial charge in [-0.1, -0.05) is 23.5 Å². The lowest BCUT2D eigenvalue weighted by atomic mass is 10.2. The van der Waals surface area contributed by atoms with Gasteiger partial charge in [0.1, 0.15) is 5.57 Å². The zero-order chi connectivity index (χ0) is 19.7. The lowest BCUT2D eigenvalue weighted by Gasteiger charge is -2.36. The molecule has 2 aliphatic heterocycles. The van der Waals surface area contributed by atoms with Crippen LogP contribution in [0.15, 0.2) is 37.8 Å². The molecule has 0 unspecified atom stereocenters. The Hall–Kier alpha value is -1.59. The maximum absolute atomic E-state index is 12.9. The highest BCUT2D eigenvalue weighted by Crippen LogP contribution is 2.53. The third kappa shape index (κ3) is 3.72. The van der Waals surface area contributed by atoms with E-state index in [9.17, 15) is 19.8 Å². The van der Waals surface area contributed by atoms with Crippen molar-refractivity contribution in [1.82, 2.24) is 9.80 Å². The van der Waals surface area contributed by atoms with E-state index in [1.54, 1.807) is 0 Å². The van der Waals surface area contributed by atoms with E-state index in [0.717, 1.165) is 15.5 Å². The summed E-state index contributed by atoms with van der Waals surface area (Å²) in [6, 6.07) is 5.96. The first-order valence-electron chi connectivity index (χ1n) is 8.19. The number of aliphatic hydroxyl groups excluding tert-OH is 2. The van der Waals surface area contributed by atoms with Crippen LogP contribution in [0.1, 0.15) is 0 Å². The first-order valence-corrected chi connectivity index (χ1v) is 10.2. The number of benzene rings is 1. The molecule has 1 aromatic rings. The summed E-state index contributed by atoms with van der Waals surface area (Å²) in [5, 5.41) is 18.6. The Morgan fingerprint density at radius 2 is 1.56 bits per heavy atom. The fourth-order valence-electron chi connectivity index (χ4n) is 2.71. The van der Waals surface area contributed by atoms with Crippen LogP contribution < -0.4 is 4.90 Å². The molecule has 0 saturated carbocycles. The summed E-state index contributed by atoms with van der Waals surface area (Å²) in [5.74, 6) is -1.02. The molecule has 0 atom stereocenters. The average molecular weight is 426 g/mol. The van der Waals surface area contributed by atoms with Gasteiger partial charge in [0.2, 0.25) is 0 Å². The zero-order valence-electron chi connectivity index (χ0n) is 14.8. The molecule has 1 fully saturated rings. The highest BCUT2D eigenvalue weighted by Gasteiger charge is 2.42. The molecule has 7 nitrogen and oxygen atoms in total. The lowest BCUT2D eigenvalue weighted by molar-refractivity contribution is -0.134. The third-order valence-electron chi connectivity index (χ3n) is 4.08. The number of nitrogens with zero attached hydrogens (tertiary/aromatic N) is 3. The van der Waals surface area contributed by atoms with Crippen molar-refractivity contribution in [2.45, 2.75) is 9.79 Å². The van der Waals surface area contributed by atoms with Crippen molar-refractivity contribution >= 4 is 58.4 Å². The number of amides is 2. The predicted molar refractivity (Wildman–Crippen MR) is 110 cm³/mol. The number of carbonyl (C=O) groups is 2. The molecule has 1 saturated heterocycles. The maximum Gasteiger partial charge on any atom is 0.267 e. The number of hydrogen-bond acceptors (Lipinski definition) is 8. The van der Waals surface area contributed by atoms with E-state index < -0.39 is 11.8 Å². The molecule has 3 rings (SSSR count). The van der Waals surface area contributed by atoms with E-state index in [4.69, 9.17) is 12.2 Å². The molecule has 0 radical (unpaired) electrons. The molecule has 1 aromatic carbocycles. The van der Waals surface area contributed by atoms with Gasteiger partial charge in [-0.05, 0) is 30.4 Å². The second-order valence-corrected chi connectivity index (χ2v) is 8.76. The number of thiocarbonyl (C=S) groups is 1. The maximum atomic E-state index is 12.9. The van der Waals surface area contributed by atoms with Crippen molar-refractivity contribution in [3.05, 3.63) is 28.0 Å². The van der Waals surface area contributed by atoms with Gasteiger partial charge in [-0.25, -0.2) is 0 Å². The highest BCUT2D eigenvalue weighted by molar-refractivity contribution is 8.24. The van der Waals surface area contributed by atoms with Crippen LogP contribution in [0, 0.1) is 0 Å². The summed E-state index contributed by atoms with van der Waals surface area (Å²) >= 11 is 7.97. The molecule has 27 heavy (non-hydrogen) atoms. The van der Waals surface area contributed by atoms with Gasteiger partial charge in [-0.15, -0.1) is 0 Å². The van der Waals surface area contributed by atoms with E-state index in [1.165, 1.54) is 33.3 Å². The Morgan fingerprint density at radius 3 is 2.07 bits per heavy atom. The standard InChI is InChI=1S/C17H19N3O4S3/c1-18(2)10-3-4-11-12(9-10)27-16(26-11)13-14(23)19(5-7-21)17(25)20(6-8-22)15(13)24/h3-4,9,21-22H,5-8H2,1-2H3. The van der Waals surface area contributed by atoms with Gasteiger partial charge in [0, 0.05) is 29.6 Å². The van der Waals surface area contributed by atoms with Crippen LogP contribution in [-0.4, -0.2) is 77.3 Å². The SMILES string of the molecule is CN(C)c1ccc2c(c1)SC(=C1C(=O)N(CCO)C(=S)N(CCO)C1=O)S2. The van der Waals surface area contributed by atoms with Crippen molar-refractivity contribution in [2.24, 2.45) is 0 Å². The Labute approximate surface area is 171 Å². The minimum Gasteiger partial charge on any atom is -0.395 e. The molecule has 0 bridgehead atoms. The van der Waals surface area contributed by atoms with Gasteiger partial charge in [-0.2, -0.15) is 0 Å². The summed E-state index contributed by atoms with van der Waals surface area (Å²) in [4.78, 5) is 32.2. The number of β-amino-alcohol motifs (C(OH)–C–C–N with tert-alkyl or cyclic N) is 2. The van der Waals surface area contributed by atoms with E-state index in [-0.39, 0.29) is 37.0 Å². The quantitative estimate of drug-likeness (QED) is 0.412. The highest BCUT2D eigenvalue weighted by atomic mass is 32.2. The van der Waals surface area contributed by atoms with Crippen LogP contribution in [0.2, 0.25) is 0 Å². The average Bonchev–Trinajstić information content (AvgIpc) is 3.05. The molecular weight excluding hydrogens is 406 g/mol. The van der Waals surface area contributed by atoms with Gasteiger partial charge in [-0.3, -0.25) is 19.4 Å². The fraction of sp³-hybridized carbons (Fsp3) is 0.353. The van der Waals surface area contributed by atoms with Crippen LogP contribution in [-0.2, 0) is 9.59 Å². The van der Waals surface area contributed by atoms with Crippen molar-refractivity contribution in [3.63, 3.8) is 0 Å². The number of hydrogen-bond donors (Lipinski definition) is 2. The van der Waals surface area contributed by atoms with Crippen molar-refractivity contribution < 1.29 is 19.8 Å². The molecule has 144 valence electrons. The Kier molecular flexibility index (Phi) is 6.11. The molecule has 2 N–H and O–H groups in total. The number of aliphatic hydroxyl groups is 2. The number of fused-ring (bicyclic) bond motifs is 1. The molecule has 0 aromatic heterocycles. The van der Waals surface area contributed by atoms with Crippen LogP contribution in [0.25, 0.3) is 0 Å². The van der Waals surface area contributed by atoms with Crippen LogP contribution in [0.3, 0.4) is 0 Å². The topological polar surface area (TPSA) is 84.3 Å². The first-order chi connectivity index (χ1) is 12.9. The number of anilines is 1. The fourth-order valence-corrected chi connectivity index (χ4v) is 5.61. The monoisotopic (exact) mass is 425 g/mol. The summed E-state index contributed by atoms with van der Waals surface area (Å²) < 4.78 is 0.587. The Morgan fingerprint density at radius 1 is 1.00 bits per heavy atom. The molecule has 10 heteroatoms. The molecule has 2 amide bonds. The predicted octanol–water partition coefficient (Wildman–Crippen LogP) is 1.10.